The summed E-state index contributed by atoms with van der Waals surface area (Å²) in [6.45, 7) is 3.55. The molecule has 1 N–H and O–H groups in total. The summed E-state index contributed by atoms with van der Waals surface area (Å²) < 4.78 is 4.86. The number of halogens is 1. The predicted molar refractivity (Wildman–Crippen MR) is 69.9 cm³/mol. The molecule has 0 bridgehead atoms. The highest BCUT2D eigenvalue weighted by Crippen LogP contribution is 2.27. The van der Waals surface area contributed by atoms with Crippen LogP contribution in [0.3, 0.4) is 0 Å². The molecule has 0 radical (unpaired) electrons. The van der Waals surface area contributed by atoms with Crippen LogP contribution >= 0.6 is 11.6 Å². The lowest BCUT2D eigenvalue weighted by Gasteiger charge is -2.11. The van der Waals surface area contributed by atoms with E-state index >= 15 is 0 Å². The van der Waals surface area contributed by atoms with Gasteiger partial charge in [-0.3, -0.25) is 4.79 Å². The molecule has 1 amide bonds. The summed E-state index contributed by atoms with van der Waals surface area (Å²) in [4.78, 5) is 12.0. The summed E-state index contributed by atoms with van der Waals surface area (Å²) in [6, 6.07) is 7.43. The molecule has 2 aromatic rings. The molecule has 0 aliphatic heterocycles. The maximum Gasteiger partial charge on any atom is 0.260 e. The second-order valence-electron chi connectivity index (χ2n) is 3.95. The Morgan fingerprint density at radius 1 is 1.44 bits per heavy atom. The van der Waals surface area contributed by atoms with E-state index in [9.17, 15) is 4.79 Å². The van der Waals surface area contributed by atoms with Crippen molar-refractivity contribution >= 4 is 23.2 Å². The Morgan fingerprint density at radius 2 is 2.17 bits per heavy atom. The lowest BCUT2D eigenvalue weighted by molar-refractivity contribution is 0.102. The molecular weight excluding hydrogens is 252 g/mol. The van der Waals surface area contributed by atoms with E-state index < -0.39 is 0 Å². The van der Waals surface area contributed by atoms with Gasteiger partial charge in [0.2, 0.25) is 0 Å². The van der Waals surface area contributed by atoms with Crippen LogP contribution in [0.5, 0.6) is 0 Å². The second-order valence-corrected chi connectivity index (χ2v) is 4.61. The van der Waals surface area contributed by atoms with Crippen LogP contribution in [-0.2, 0) is 0 Å². The topological polar surface area (TPSA) is 55.1 Å². The smallest absolute Gasteiger partial charge is 0.260 e. The van der Waals surface area contributed by atoms with Crippen LogP contribution in [0.25, 0.3) is 0 Å². The summed E-state index contributed by atoms with van der Waals surface area (Å²) in [5.74, 6) is 0.238. The minimum atomic E-state index is -0.251. The molecule has 0 fully saturated rings. The number of alkyl halides is 1. The fraction of sp³-hybridized carbons (Fsp3) is 0.231. The van der Waals surface area contributed by atoms with Gasteiger partial charge in [-0.1, -0.05) is 23.4 Å². The molecule has 5 heteroatoms. The lowest BCUT2D eigenvalue weighted by atomic mass is 10.1. The average molecular weight is 265 g/mol. The van der Waals surface area contributed by atoms with Crippen molar-refractivity contribution in [3.05, 3.63) is 47.3 Å². The molecule has 1 unspecified atom stereocenters. The summed E-state index contributed by atoms with van der Waals surface area (Å²) in [5.41, 5.74) is 2.00. The van der Waals surface area contributed by atoms with Crippen molar-refractivity contribution in [2.75, 3.05) is 5.32 Å². The van der Waals surface area contributed by atoms with E-state index in [1.54, 1.807) is 6.92 Å². The van der Waals surface area contributed by atoms with Crippen LogP contribution in [0.15, 0.2) is 35.0 Å². The SMILES string of the molecule is Cc1oncc1C(=O)Nc1ccccc1C(C)Cl. The van der Waals surface area contributed by atoms with Crippen molar-refractivity contribution in [1.29, 1.82) is 0 Å². The number of amides is 1. The van der Waals surface area contributed by atoms with E-state index in [4.69, 9.17) is 16.1 Å². The van der Waals surface area contributed by atoms with Crippen LogP contribution < -0.4 is 5.32 Å². The fourth-order valence-corrected chi connectivity index (χ4v) is 1.85. The van der Waals surface area contributed by atoms with Crippen molar-refractivity contribution < 1.29 is 9.32 Å². The normalized spacial score (nSPS) is 12.2. The second kappa shape index (κ2) is 5.23. The van der Waals surface area contributed by atoms with Crippen molar-refractivity contribution in [2.45, 2.75) is 19.2 Å². The zero-order chi connectivity index (χ0) is 13.1. The highest BCUT2D eigenvalue weighted by molar-refractivity contribution is 6.21. The zero-order valence-corrected chi connectivity index (χ0v) is 10.9. The first-order valence-electron chi connectivity index (χ1n) is 5.55. The summed E-state index contributed by atoms with van der Waals surface area (Å²) in [5, 5.41) is 6.22. The van der Waals surface area contributed by atoms with Gasteiger partial charge in [-0.05, 0) is 25.5 Å². The van der Waals surface area contributed by atoms with Crippen LogP contribution in [0.1, 0.15) is 34.0 Å². The fourth-order valence-electron chi connectivity index (χ4n) is 1.66. The van der Waals surface area contributed by atoms with Crippen LogP contribution in [0, 0.1) is 6.92 Å². The Morgan fingerprint density at radius 3 is 2.78 bits per heavy atom. The Kier molecular flexibility index (Phi) is 3.67. The van der Waals surface area contributed by atoms with Gasteiger partial charge in [0.05, 0.1) is 11.6 Å². The largest absolute Gasteiger partial charge is 0.361 e. The van der Waals surface area contributed by atoms with Crippen molar-refractivity contribution in [2.24, 2.45) is 0 Å². The zero-order valence-electron chi connectivity index (χ0n) is 10.1. The van der Waals surface area contributed by atoms with Crippen molar-refractivity contribution in [3.8, 4) is 0 Å². The Balaban J connectivity index is 2.25. The summed E-state index contributed by atoms with van der Waals surface area (Å²) in [7, 11) is 0. The van der Waals surface area contributed by atoms with Gasteiger partial charge in [0, 0.05) is 5.69 Å². The number of nitrogens with one attached hydrogen (secondary N) is 1. The molecule has 1 heterocycles. The van der Waals surface area contributed by atoms with Crippen molar-refractivity contribution in [1.82, 2.24) is 5.16 Å². The molecule has 1 aromatic heterocycles. The van der Waals surface area contributed by atoms with Gasteiger partial charge in [0.25, 0.3) is 5.91 Å². The van der Waals surface area contributed by atoms with E-state index in [1.807, 2.05) is 31.2 Å². The highest BCUT2D eigenvalue weighted by Gasteiger charge is 2.15. The number of aryl methyl sites for hydroxylation is 1. The first-order valence-corrected chi connectivity index (χ1v) is 5.99. The maximum atomic E-state index is 12.0. The minimum Gasteiger partial charge on any atom is -0.361 e. The minimum absolute atomic E-state index is 0.176. The molecule has 0 aliphatic rings. The third-order valence-corrected chi connectivity index (χ3v) is 2.87. The molecule has 1 atom stereocenters. The summed E-state index contributed by atoms with van der Waals surface area (Å²) >= 11 is 6.07. The quantitative estimate of drug-likeness (QED) is 0.863. The summed E-state index contributed by atoms with van der Waals surface area (Å²) in [6.07, 6.45) is 1.40. The van der Waals surface area contributed by atoms with Crippen LogP contribution in [0.4, 0.5) is 5.69 Å². The van der Waals surface area contributed by atoms with Gasteiger partial charge in [0.1, 0.15) is 11.3 Å². The Bertz CT molecular complexity index is 564. The maximum absolute atomic E-state index is 12.0. The van der Waals surface area contributed by atoms with Gasteiger partial charge in [0.15, 0.2) is 0 Å². The monoisotopic (exact) mass is 264 g/mol. The first-order chi connectivity index (χ1) is 8.59. The van der Waals surface area contributed by atoms with Gasteiger partial charge in [-0.15, -0.1) is 11.6 Å². The van der Waals surface area contributed by atoms with E-state index in [0.29, 0.717) is 17.0 Å². The molecule has 18 heavy (non-hydrogen) atoms. The van der Waals surface area contributed by atoms with E-state index in [-0.39, 0.29) is 11.3 Å². The molecule has 0 aliphatic carbocycles. The Hall–Kier alpha value is -1.81. The number of rotatable bonds is 3. The standard InChI is InChI=1S/C13H13ClN2O2/c1-8(14)10-5-3-4-6-12(10)16-13(17)11-7-15-18-9(11)2/h3-8H,1-2H3,(H,16,17). The molecule has 1 aromatic carbocycles. The predicted octanol–water partition coefficient (Wildman–Crippen LogP) is 3.54. The number of hydrogen-bond donors (Lipinski definition) is 1. The lowest BCUT2D eigenvalue weighted by Crippen LogP contribution is -2.13. The van der Waals surface area contributed by atoms with Gasteiger partial charge in [-0.25, -0.2) is 0 Å². The average Bonchev–Trinajstić information content (AvgIpc) is 2.76. The molecule has 2 rings (SSSR count). The van der Waals surface area contributed by atoms with E-state index in [1.165, 1.54) is 6.20 Å². The first kappa shape index (κ1) is 12.6. The van der Waals surface area contributed by atoms with Gasteiger partial charge < -0.3 is 9.84 Å². The number of carbonyl (C=O) groups excluding carboxylic acids is 1. The molecular formula is C13H13ClN2O2. The van der Waals surface area contributed by atoms with Crippen LogP contribution in [-0.4, -0.2) is 11.1 Å². The number of aromatic nitrogens is 1. The molecule has 4 nitrogen and oxygen atoms in total. The number of anilines is 1. The highest BCUT2D eigenvalue weighted by atomic mass is 35.5. The third kappa shape index (κ3) is 2.54. The van der Waals surface area contributed by atoms with Gasteiger partial charge >= 0.3 is 0 Å². The number of benzene rings is 1. The number of para-hydroxylation sites is 1. The number of hydrogen-bond acceptors (Lipinski definition) is 3. The number of nitrogens with zero attached hydrogens (tertiary/aromatic N) is 1. The molecule has 0 saturated heterocycles. The Labute approximate surface area is 110 Å². The van der Waals surface area contributed by atoms with Crippen molar-refractivity contribution in [3.63, 3.8) is 0 Å². The number of carbonyl (C=O) groups is 1. The van der Waals surface area contributed by atoms with Crippen LogP contribution in [0.2, 0.25) is 0 Å². The molecule has 0 spiro atoms. The van der Waals surface area contributed by atoms with E-state index in [2.05, 4.69) is 10.5 Å². The third-order valence-electron chi connectivity index (χ3n) is 2.63. The molecule has 94 valence electrons. The molecule has 0 saturated carbocycles. The van der Waals surface area contributed by atoms with E-state index in [0.717, 1.165) is 5.56 Å². The van der Waals surface area contributed by atoms with Gasteiger partial charge in [-0.2, -0.15) is 0 Å².